The molecule has 0 rings (SSSR count). The second kappa shape index (κ2) is 5.73. The molecule has 11 heavy (non-hydrogen) atoms. The van der Waals surface area contributed by atoms with E-state index in [-0.39, 0.29) is 6.61 Å². The van der Waals surface area contributed by atoms with E-state index in [0.717, 1.165) is 32.3 Å². The Kier molecular flexibility index (Phi) is 5.79. The molecule has 0 fully saturated rings. The van der Waals surface area contributed by atoms with Crippen molar-refractivity contribution in [3.8, 4) is 0 Å². The predicted octanol–water partition coefficient (Wildman–Crippen LogP) is 3.38. The van der Waals surface area contributed by atoms with E-state index in [1.165, 1.54) is 0 Å². The lowest BCUT2D eigenvalue weighted by atomic mass is 10.2. The van der Waals surface area contributed by atoms with E-state index in [1.807, 2.05) is 0 Å². The number of unbranched alkanes of at least 4 members (excludes halogenated alkanes) is 3. The maximum absolute atomic E-state index is 12.2. The highest BCUT2D eigenvalue weighted by atomic mass is 31.2. The Hall–Kier alpha value is 0.120. The average Bonchev–Trinajstić information content (AvgIpc) is 1.85. The molecule has 0 N–H and O–H groups in total. The summed E-state index contributed by atoms with van der Waals surface area (Å²) in [5.74, 6) is 0. The molecule has 0 aromatic carbocycles. The van der Waals surface area contributed by atoms with Gasteiger partial charge in [0.25, 0.3) is 0 Å². The van der Waals surface area contributed by atoms with Gasteiger partial charge in [-0.25, -0.2) is 0 Å². The molecule has 1 unspecified atom stereocenters. The lowest BCUT2D eigenvalue weighted by molar-refractivity contribution is 0.282. The van der Waals surface area contributed by atoms with Crippen LogP contribution in [0, 0.1) is 0 Å². The van der Waals surface area contributed by atoms with E-state index in [1.54, 1.807) is 0 Å². The van der Waals surface area contributed by atoms with Crippen LogP contribution in [0.25, 0.3) is 0 Å². The number of halogens is 1. The number of rotatable bonds is 6. The molecule has 68 valence electrons. The summed E-state index contributed by atoms with van der Waals surface area (Å²) in [6.07, 6.45) is 4.09. The molecule has 4 heteroatoms. The van der Waals surface area contributed by atoms with Crippen molar-refractivity contribution in [3.05, 3.63) is 0 Å². The molecule has 0 amide bonds. The van der Waals surface area contributed by atoms with Gasteiger partial charge in [0.05, 0.1) is 6.61 Å². The second-order valence-electron chi connectivity index (χ2n) is 2.64. The minimum absolute atomic E-state index is 0.282. The molecule has 2 nitrogen and oxygen atoms in total. The smallest absolute Gasteiger partial charge is 0.306 e. The summed E-state index contributed by atoms with van der Waals surface area (Å²) in [4.78, 5) is 0. The van der Waals surface area contributed by atoms with Crippen LogP contribution in [0.5, 0.6) is 0 Å². The van der Waals surface area contributed by atoms with Crippen molar-refractivity contribution in [1.29, 1.82) is 0 Å². The van der Waals surface area contributed by atoms with Crippen LogP contribution in [0.15, 0.2) is 0 Å². The topological polar surface area (TPSA) is 26.3 Å². The predicted molar refractivity (Wildman–Crippen MR) is 44.7 cm³/mol. The summed E-state index contributed by atoms with van der Waals surface area (Å²) in [7, 11) is -3.71. The summed E-state index contributed by atoms with van der Waals surface area (Å²) in [5, 5.41) is 0. The normalized spacial score (nSPS) is 16.3. The minimum atomic E-state index is -3.71. The number of hydrogen-bond acceptors (Lipinski definition) is 2. The van der Waals surface area contributed by atoms with Crippen LogP contribution in [0.1, 0.15) is 32.6 Å². The molecule has 0 aliphatic carbocycles. The Morgan fingerprint density at radius 3 is 2.45 bits per heavy atom. The molecule has 1 atom stereocenters. The molecule has 0 heterocycles. The van der Waals surface area contributed by atoms with Crippen LogP contribution in [-0.4, -0.2) is 13.3 Å². The summed E-state index contributed by atoms with van der Waals surface area (Å²) in [5.41, 5.74) is 0. The third kappa shape index (κ3) is 10.1. The monoisotopic (exact) mass is 182 g/mol. The van der Waals surface area contributed by atoms with Crippen molar-refractivity contribution in [1.82, 2.24) is 0 Å². The second-order valence-corrected chi connectivity index (χ2v) is 4.39. The van der Waals surface area contributed by atoms with E-state index in [0.29, 0.717) is 0 Å². The Labute approximate surface area is 67.7 Å². The van der Waals surface area contributed by atoms with Crippen molar-refractivity contribution in [2.75, 3.05) is 13.3 Å². The Morgan fingerprint density at radius 2 is 2.00 bits per heavy atom. The Bertz CT molecular complexity index is 132. The van der Waals surface area contributed by atoms with Gasteiger partial charge in [-0.3, -0.25) is 4.57 Å². The third-order valence-electron chi connectivity index (χ3n) is 1.32. The highest BCUT2D eigenvalue weighted by Gasteiger charge is 2.11. The van der Waals surface area contributed by atoms with E-state index < -0.39 is 7.68 Å². The molecule has 0 aliphatic rings. The van der Waals surface area contributed by atoms with Crippen LogP contribution in [0.3, 0.4) is 0 Å². The summed E-state index contributed by atoms with van der Waals surface area (Å²) >= 11 is 0. The van der Waals surface area contributed by atoms with Crippen LogP contribution in [0.4, 0.5) is 4.20 Å². The molecule has 0 bridgehead atoms. The average molecular weight is 182 g/mol. The molecule has 0 spiro atoms. The minimum Gasteiger partial charge on any atom is -0.306 e. The first kappa shape index (κ1) is 11.1. The molecule has 0 aromatic rings. The zero-order valence-corrected chi connectivity index (χ0v) is 8.07. The number of hydrogen-bond donors (Lipinski definition) is 0. The van der Waals surface area contributed by atoms with Crippen LogP contribution >= 0.6 is 7.68 Å². The maximum atomic E-state index is 12.2. The summed E-state index contributed by atoms with van der Waals surface area (Å²) < 4.78 is 27.1. The standard InChI is InChI=1S/C7H16FO2P/c1-3-4-5-6-7-10-11(2,8)9/h3-7H2,1-2H3. The van der Waals surface area contributed by atoms with Gasteiger partial charge in [-0.15, -0.1) is 0 Å². The van der Waals surface area contributed by atoms with E-state index in [4.69, 9.17) is 0 Å². The first-order valence-electron chi connectivity index (χ1n) is 3.98. The zero-order valence-electron chi connectivity index (χ0n) is 7.18. The molecular weight excluding hydrogens is 166 g/mol. The van der Waals surface area contributed by atoms with Crippen LogP contribution < -0.4 is 0 Å². The largest absolute Gasteiger partial charge is 0.364 e. The van der Waals surface area contributed by atoms with Gasteiger partial charge in [0.15, 0.2) is 0 Å². The summed E-state index contributed by atoms with van der Waals surface area (Å²) in [6.45, 7) is 3.37. The molecule has 0 aromatic heterocycles. The lowest BCUT2D eigenvalue weighted by Crippen LogP contribution is -1.89. The van der Waals surface area contributed by atoms with Gasteiger partial charge < -0.3 is 4.52 Å². The fraction of sp³-hybridized carbons (Fsp3) is 1.00. The van der Waals surface area contributed by atoms with Gasteiger partial charge >= 0.3 is 7.68 Å². The van der Waals surface area contributed by atoms with Crippen LogP contribution in [-0.2, 0) is 9.09 Å². The van der Waals surface area contributed by atoms with Gasteiger partial charge in [-0.1, -0.05) is 26.2 Å². The fourth-order valence-electron chi connectivity index (χ4n) is 0.756. The van der Waals surface area contributed by atoms with Crippen LogP contribution in [0.2, 0.25) is 0 Å². The van der Waals surface area contributed by atoms with Gasteiger partial charge in [0, 0.05) is 6.66 Å². The highest BCUT2D eigenvalue weighted by molar-refractivity contribution is 7.52. The van der Waals surface area contributed by atoms with Crippen molar-refractivity contribution in [2.45, 2.75) is 32.6 Å². The highest BCUT2D eigenvalue weighted by Crippen LogP contribution is 2.43. The van der Waals surface area contributed by atoms with E-state index >= 15 is 0 Å². The van der Waals surface area contributed by atoms with Crippen molar-refractivity contribution in [3.63, 3.8) is 0 Å². The lowest BCUT2D eigenvalue weighted by Gasteiger charge is -2.03. The third-order valence-corrected chi connectivity index (χ3v) is 1.96. The molecular formula is C7H16FO2P. The van der Waals surface area contributed by atoms with Gasteiger partial charge in [0.1, 0.15) is 0 Å². The molecule has 0 saturated carbocycles. The van der Waals surface area contributed by atoms with Crippen molar-refractivity contribution in [2.24, 2.45) is 0 Å². The zero-order chi connectivity index (χ0) is 8.74. The Morgan fingerprint density at radius 1 is 1.36 bits per heavy atom. The summed E-state index contributed by atoms with van der Waals surface area (Å²) in [6, 6.07) is 0. The molecule has 0 saturated heterocycles. The molecule has 0 radical (unpaired) electrons. The van der Waals surface area contributed by atoms with Crippen molar-refractivity contribution >= 4 is 7.68 Å². The van der Waals surface area contributed by atoms with Gasteiger partial charge in [-0.05, 0) is 6.42 Å². The quantitative estimate of drug-likeness (QED) is 0.465. The van der Waals surface area contributed by atoms with E-state index in [2.05, 4.69) is 11.4 Å². The fourth-order valence-corrected chi connectivity index (χ4v) is 1.21. The first-order chi connectivity index (χ1) is 5.06. The molecule has 0 aliphatic heterocycles. The van der Waals surface area contributed by atoms with Gasteiger partial charge in [-0.2, -0.15) is 4.20 Å². The Balaban J connectivity index is 3.09. The van der Waals surface area contributed by atoms with Gasteiger partial charge in [0.2, 0.25) is 0 Å². The SMILES string of the molecule is CCCCCCOP(C)(=O)F. The maximum Gasteiger partial charge on any atom is 0.364 e. The van der Waals surface area contributed by atoms with E-state index in [9.17, 15) is 8.76 Å². The van der Waals surface area contributed by atoms with Crippen molar-refractivity contribution < 1.29 is 13.3 Å². The first-order valence-corrected chi connectivity index (χ1v) is 5.94.